The van der Waals surface area contributed by atoms with Gasteiger partial charge in [0, 0.05) is 24.1 Å². The normalized spacial score (nSPS) is 23.5. The van der Waals surface area contributed by atoms with Crippen LogP contribution in [0.15, 0.2) is 53.1 Å². The van der Waals surface area contributed by atoms with E-state index in [2.05, 4.69) is 5.32 Å². The van der Waals surface area contributed by atoms with Gasteiger partial charge in [-0.1, -0.05) is 23.9 Å². The Bertz CT molecular complexity index is 1260. The molecule has 168 valence electrons. The van der Waals surface area contributed by atoms with E-state index in [1.54, 1.807) is 42.5 Å². The van der Waals surface area contributed by atoms with Crippen molar-refractivity contribution in [3.05, 3.63) is 64.2 Å². The predicted octanol–water partition coefficient (Wildman–Crippen LogP) is 1.53. The van der Waals surface area contributed by atoms with Crippen molar-refractivity contribution in [2.45, 2.75) is 11.2 Å². The quantitative estimate of drug-likeness (QED) is 0.397. The second-order valence-corrected chi connectivity index (χ2v) is 8.91. The zero-order chi connectivity index (χ0) is 23.4. The summed E-state index contributed by atoms with van der Waals surface area (Å²) in [6.07, 6.45) is 0. The number of nitrogens with zero attached hydrogens (tertiary/aromatic N) is 1. The summed E-state index contributed by atoms with van der Waals surface area (Å²) >= 11 is 1.00. The molecular weight excluding hydrogens is 446 g/mol. The molecule has 9 nitrogen and oxygen atoms in total. The van der Waals surface area contributed by atoms with E-state index in [0.29, 0.717) is 22.6 Å². The maximum Gasteiger partial charge on any atom is 0.342 e. The first-order chi connectivity index (χ1) is 15.9. The lowest BCUT2D eigenvalue weighted by Crippen LogP contribution is -2.39. The highest BCUT2D eigenvalue weighted by Gasteiger charge is 2.58. The fourth-order valence-corrected chi connectivity index (χ4v) is 5.81. The molecule has 0 bridgehead atoms. The second kappa shape index (κ2) is 7.66. The first-order valence-electron chi connectivity index (χ1n) is 10.1. The number of fused-ring (bicyclic) bond motifs is 5. The Morgan fingerprint density at radius 2 is 1.85 bits per heavy atom. The van der Waals surface area contributed by atoms with Gasteiger partial charge in [0.05, 0.1) is 29.3 Å². The molecule has 10 heteroatoms. The Balaban J connectivity index is 1.60. The summed E-state index contributed by atoms with van der Waals surface area (Å²) in [4.78, 5) is 52.8. The number of amides is 3. The number of thioether (sulfide) groups is 1. The Labute approximate surface area is 192 Å². The van der Waals surface area contributed by atoms with E-state index in [-0.39, 0.29) is 22.3 Å². The highest BCUT2D eigenvalue weighted by molar-refractivity contribution is 8.04. The number of nitrogens with one attached hydrogen (secondary N) is 1. The Morgan fingerprint density at radius 1 is 1.12 bits per heavy atom. The highest BCUT2D eigenvalue weighted by atomic mass is 32.2. The van der Waals surface area contributed by atoms with Gasteiger partial charge in [0.1, 0.15) is 5.25 Å². The van der Waals surface area contributed by atoms with Gasteiger partial charge in [-0.05, 0) is 30.3 Å². The van der Waals surface area contributed by atoms with E-state index in [1.807, 2.05) is 0 Å². The molecule has 3 heterocycles. The monoisotopic (exact) mass is 465 g/mol. The smallest absolute Gasteiger partial charge is 0.342 e. The zero-order valence-electron chi connectivity index (χ0n) is 17.7. The van der Waals surface area contributed by atoms with Gasteiger partial charge in [0.25, 0.3) is 5.91 Å². The molecule has 0 aliphatic carbocycles. The molecule has 3 aliphatic heterocycles. The third-order valence-corrected chi connectivity index (χ3v) is 7.30. The first-order valence-corrected chi connectivity index (χ1v) is 11.0. The molecule has 2 aromatic rings. The summed E-state index contributed by atoms with van der Waals surface area (Å²) in [6, 6.07) is 11.3. The number of carbonyl (C=O) groups is 4. The molecule has 3 aliphatic rings. The topological polar surface area (TPSA) is 128 Å². The van der Waals surface area contributed by atoms with Crippen LogP contribution in [0.3, 0.4) is 0 Å². The zero-order valence-corrected chi connectivity index (χ0v) is 18.5. The first kappa shape index (κ1) is 21.1. The average molecular weight is 465 g/mol. The minimum absolute atomic E-state index is 0.165. The van der Waals surface area contributed by atoms with Crippen LogP contribution < -0.4 is 25.4 Å². The van der Waals surface area contributed by atoms with Crippen molar-refractivity contribution in [1.29, 1.82) is 0 Å². The second-order valence-electron chi connectivity index (χ2n) is 7.73. The molecule has 3 N–H and O–H groups in total. The number of methoxy groups -OCH3 is 1. The van der Waals surface area contributed by atoms with Crippen molar-refractivity contribution in [2.75, 3.05) is 19.1 Å². The fraction of sp³-hybridized carbons (Fsp3) is 0.217. The van der Waals surface area contributed by atoms with E-state index in [1.165, 1.54) is 14.2 Å². The summed E-state index contributed by atoms with van der Waals surface area (Å²) in [5, 5.41) is 1.89. The molecule has 5 rings (SSSR count). The number of rotatable bonds is 3. The van der Waals surface area contributed by atoms with Crippen molar-refractivity contribution in [3.8, 4) is 11.5 Å². The van der Waals surface area contributed by atoms with Gasteiger partial charge in [-0.3, -0.25) is 14.4 Å². The Hall–Kier alpha value is -3.79. The van der Waals surface area contributed by atoms with Crippen LogP contribution in [-0.4, -0.2) is 43.1 Å². The average Bonchev–Trinajstić information content (AvgIpc) is 3.07. The summed E-state index contributed by atoms with van der Waals surface area (Å²) in [5.74, 6) is -2.81. The lowest BCUT2D eigenvalue weighted by molar-refractivity contribution is -0.132. The maximum absolute atomic E-state index is 13.6. The fourth-order valence-electron chi connectivity index (χ4n) is 4.57. The van der Waals surface area contributed by atoms with E-state index >= 15 is 0 Å². The number of imide groups is 1. The molecule has 0 unspecified atom stereocenters. The number of ether oxygens (including phenoxy) is 2. The predicted molar refractivity (Wildman–Crippen MR) is 120 cm³/mol. The number of carbonyl (C=O) groups excluding carboxylic acids is 4. The minimum Gasteiger partial charge on any atom is -0.493 e. The Morgan fingerprint density at radius 3 is 2.52 bits per heavy atom. The van der Waals surface area contributed by atoms with Crippen LogP contribution in [0, 0.1) is 5.92 Å². The molecule has 3 atom stereocenters. The standard InChI is InChI=1S/C23H19N3O6S/c1-25-20(27)10-6-8-11(9-7-10)26-21(28)15-14-12-4-3-5-13(31-2)17(12)32-23(30)16(14)19(24)33-18(15)22(26)29/h3-9,14-15,18H,24H2,1-2H3,(H,25,27)/t14-,15+,18+/m1/s1. The van der Waals surface area contributed by atoms with Gasteiger partial charge >= 0.3 is 5.97 Å². The number of hydrogen-bond donors (Lipinski definition) is 2. The van der Waals surface area contributed by atoms with E-state index < -0.39 is 34.9 Å². The van der Waals surface area contributed by atoms with Gasteiger partial charge in [-0.2, -0.15) is 0 Å². The maximum atomic E-state index is 13.6. The summed E-state index contributed by atoms with van der Waals surface area (Å²) in [6.45, 7) is 0. The van der Waals surface area contributed by atoms with Crippen LogP contribution in [0.2, 0.25) is 0 Å². The van der Waals surface area contributed by atoms with Crippen molar-refractivity contribution >= 4 is 41.1 Å². The van der Waals surface area contributed by atoms with Crippen molar-refractivity contribution in [2.24, 2.45) is 11.7 Å². The number of esters is 1. The van der Waals surface area contributed by atoms with Gasteiger partial charge in [0.15, 0.2) is 11.5 Å². The van der Waals surface area contributed by atoms with Crippen LogP contribution in [0.5, 0.6) is 11.5 Å². The molecule has 0 aromatic heterocycles. The molecule has 1 fully saturated rings. The minimum atomic E-state index is -0.845. The van der Waals surface area contributed by atoms with Gasteiger partial charge in [0.2, 0.25) is 11.8 Å². The molecular formula is C23H19N3O6S. The molecule has 0 saturated carbocycles. The van der Waals surface area contributed by atoms with Crippen LogP contribution >= 0.6 is 11.8 Å². The van der Waals surface area contributed by atoms with E-state index in [4.69, 9.17) is 15.2 Å². The molecule has 33 heavy (non-hydrogen) atoms. The number of para-hydroxylation sites is 1. The third-order valence-electron chi connectivity index (χ3n) is 6.08. The summed E-state index contributed by atoms with van der Waals surface area (Å²) < 4.78 is 10.8. The number of nitrogens with two attached hydrogens (primary N) is 1. The van der Waals surface area contributed by atoms with Crippen molar-refractivity contribution in [1.82, 2.24) is 5.32 Å². The SMILES string of the molecule is CNC(=O)c1ccc(N2C(=O)[C@@H]3[C@H](SC(N)=C4C(=O)Oc5c(OC)cccc5[C@@H]43)C2=O)cc1. The summed E-state index contributed by atoms with van der Waals surface area (Å²) in [5.41, 5.74) is 7.70. The molecule has 0 radical (unpaired) electrons. The molecule has 0 spiro atoms. The third kappa shape index (κ3) is 3.01. The summed E-state index contributed by atoms with van der Waals surface area (Å²) in [7, 11) is 2.97. The highest BCUT2D eigenvalue weighted by Crippen LogP contribution is 2.55. The number of benzene rings is 2. The number of anilines is 1. The van der Waals surface area contributed by atoms with E-state index in [9.17, 15) is 19.2 Å². The van der Waals surface area contributed by atoms with Crippen LogP contribution in [-0.2, 0) is 14.4 Å². The van der Waals surface area contributed by atoms with Gasteiger partial charge in [-0.25, -0.2) is 9.69 Å². The van der Waals surface area contributed by atoms with Crippen LogP contribution in [0.1, 0.15) is 21.8 Å². The van der Waals surface area contributed by atoms with Gasteiger partial charge < -0.3 is 20.5 Å². The van der Waals surface area contributed by atoms with Gasteiger partial charge in [-0.15, -0.1) is 0 Å². The van der Waals surface area contributed by atoms with E-state index in [0.717, 1.165) is 16.7 Å². The largest absolute Gasteiger partial charge is 0.493 e. The molecule has 2 aromatic carbocycles. The lowest BCUT2D eigenvalue weighted by atomic mass is 9.77. The molecule has 1 saturated heterocycles. The Kier molecular flexibility index (Phi) is 4.89. The van der Waals surface area contributed by atoms with Crippen LogP contribution in [0.4, 0.5) is 5.69 Å². The number of hydrogen-bond acceptors (Lipinski definition) is 8. The lowest BCUT2D eigenvalue weighted by Gasteiger charge is -2.36. The van der Waals surface area contributed by atoms with Crippen LogP contribution in [0.25, 0.3) is 0 Å². The molecule has 3 amide bonds. The van der Waals surface area contributed by atoms with Crippen molar-refractivity contribution in [3.63, 3.8) is 0 Å². The van der Waals surface area contributed by atoms with Crippen molar-refractivity contribution < 1.29 is 28.7 Å².